The molecule has 21 heavy (non-hydrogen) atoms. The molecule has 1 aromatic carbocycles. The Bertz CT molecular complexity index is 513. The number of hydrogen-bond acceptors (Lipinski definition) is 6. The molecule has 0 spiro atoms. The summed E-state index contributed by atoms with van der Waals surface area (Å²) in [5.74, 6) is 0. The molecule has 0 radical (unpaired) electrons. The van der Waals surface area contributed by atoms with Crippen molar-refractivity contribution in [3.8, 4) is 6.07 Å². The summed E-state index contributed by atoms with van der Waals surface area (Å²) < 4.78 is 10.1. The fourth-order valence-corrected chi connectivity index (χ4v) is 1.94. The van der Waals surface area contributed by atoms with E-state index in [1.807, 2.05) is 11.0 Å². The summed E-state index contributed by atoms with van der Waals surface area (Å²) in [7, 11) is 3.25. The lowest BCUT2D eigenvalue weighted by molar-refractivity contribution is -0.385. The van der Waals surface area contributed by atoms with Crippen LogP contribution < -0.4 is 4.90 Å². The monoisotopic (exact) mass is 293 g/mol. The van der Waals surface area contributed by atoms with Gasteiger partial charge in [-0.3, -0.25) is 10.1 Å². The highest BCUT2D eigenvalue weighted by atomic mass is 16.6. The Labute approximate surface area is 123 Å². The standard InChI is InChI=1S/C14H19N3O4/c1-20-8-3-6-16(7-9-21-2)13-4-5-14(17(18)19)12(10-13)11-15/h4-5,10H,3,6-9H2,1-2H3. The highest BCUT2D eigenvalue weighted by molar-refractivity contribution is 5.59. The number of nitriles is 1. The molecule has 114 valence electrons. The van der Waals surface area contributed by atoms with Crippen LogP contribution in [-0.2, 0) is 9.47 Å². The summed E-state index contributed by atoms with van der Waals surface area (Å²) in [4.78, 5) is 12.3. The molecule has 1 rings (SSSR count). The van der Waals surface area contributed by atoms with E-state index >= 15 is 0 Å². The first-order valence-corrected chi connectivity index (χ1v) is 6.55. The number of nitro groups is 1. The lowest BCUT2D eigenvalue weighted by atomic mass is 10.1. The van der Waals surface area contributed by atoms with E-state index in [0.717, 1.165) is 18.7 Å². The van der Waals surface area contributed by atoms with Crippen LogP contribution in [0.2, 0.25) is 0 Å². The Morgan fingerprint density at radius 3 is 2.57 bits per heavy atom. The average Bonchev–Trinajstić information content (AvgIpc) is 2.50. The molecule has 0 amide bonds. The predicted molar refractivity (Wildman–Crippen MR) is 78.4 cm³/mol. The van der Waals surface area contributed by atoms with Crippen molar-refractivity contribution < 1.29 is 14.4 Å². The van der Waals surface area contributed by atoms with E-state index in [-0.39, 0.29) is 11.3 Å². The van der Waals surface area contributed by atoms with Crippen molar-refractivity contribution in [2.75, 3.05) is 45.4 Å². The summed E-state index contributed by atoms with van der Waals surface area (Å²) in [6.07, 6.45) is 0.819. The molecule has 7 nitrogen and oxygen atoms in total. The van der Waals surface area contributed by atoms with E-state index in [0.29, 0.717) is 19.8 Å². The Morgan fingerprint density at radius 2 is 2.00 bits per heavy atom. The molecule has 0 heterocycles. The summed E-state index contributed by atoms with van der Waals surface area (Å²) in [6.45, 7) is 2.52. The van der Waals surface area contributed by atoms with Gasteiger partial charge in [0, 0.05) is 45.7 Å². The molecule has 0 saturated carbocycles. The molecule has 0 aliphatic carbocycles. The van der Waals surface area contributed by atoms with Crippen molar-refractivity contribution in [3.63, 3.8) is 0 Å². The second kappa shape index (κ2) is 8.89. The number of ether oxygens (including phenoxy) is 2. The van der Waals surface area contributed by atoms with Crippen LogP contribution in [0.4, 0.5) is 11.4 Å². The maximum absolute atomic E-state index is 10.8. The molecule has 7 heteroatoms. The van der Waals surface area contributed by atoms with Gasteiger partial charge in [-0.25, -0.2) is 0 Å². The molecular formula is C14H19N3O4. The highest BCUT2D eigenvalue weighted by Gasteiger charge is 2.16. The van der Waals surface area contributed by atoms with Crippen molar-refractivity contribution in [1.82, 2.24) is 0 Å². The van der Waals surface area contributed by atoms with Gasteiger partial charge in [0.2, 0.25) is 0 Å². The molecular weight excluding hydrogens is 274 g/mol. The smallest absolute Gasteiger partial charge is 0.287 e. The second-order valence-corrected chi connectivity index (χ2v) is 4.40. The number of nitro benzene ring substituents is 1. The van der Waals surface area contributed by atoms with Gasteiger partial charge in [-0.05, 0) is 18.6 Å². The Kier molecular flexibility index (Phi) is 7.15. The van der Waals surface area contributed by atoms with E-state index in [1.54, 1.807) is 26.4 Å². The van der Waals surface area contributed by atoms with Crippen LogP contribution >= 0.6 is 0 Å². The molecule has 0 fully saturated rings. The van der Waals surface area contributed by atoms with Crippen LogP contribution in [0.3, 0.4) is 0 Å². The van der Waals surface area contributed by atoms with Gasteiger partial charge < -0.3 is 14.4 Å². The van der Waals surface area contributed by atoms with Crippen molar-refractivity contribution in [2.45, 2.75) is 6.42 Å². The van der Waals surface area contributed by atoms with E-state index < -0.39 is 4.92 Å². The molecule has 1 aromatic rings. The minimum Gasteiger partial charge on any atom is -0.385 e. The normalized spacial score (nSPS) is 10.1. The molecule has 0 aromatic heterocycles. The zero-order chi connectivity index (χ0) is 15.7. The number of nitrogens with zero attached hydrogens (tertiary/aromatic N) is 3. The number of hydrogen-bond donors (Lipinski definition) is 0. The summed E-state index contributed by atoms with van der Waals surface area (Å²) in [5, 5.41) is 19.9. The summed E-state index contributed by atoms with van der Waals surface area (Å²) in [6, 6.07) is 6.43. The quantitative estimate of drug-likeness (QED) is 0.393. The maximum Gasteiger partial charge on any atom is 0.287 e. The third-order valence-electron chi connectivity index (χ3n) is 3.00. The third-order valence-corrected chi connectivity index (χ3v) is 3.00. The predicted octanol–water partition coefficient (Wildman–Crippen LogP) is 1.96. The molecule has 0 unspecified atom stereocenters. The first kappa shape index (κ1) is 16.9. The first-order chi connectivity index (χ1) is 10.1. The van der Waals surface area contributed by atoms with Gasteiger partial charge in [-0.15, -0.1) is 0 Å². The zero-order valence-electron chi connectivity index (χ0n) is 12.2. The van der Waals surface area contributed by atoms with E-state index in [1.165, 1.54) is 6.07 Å². The van der Waals surface area contributed by atoms with E-state index in [2.05, 4.69) is 0 Å². The molecule has 0 aliphatic rings. The van der Waals surface area contributed by atoms with Gasteiger partial charge in [-0.1, -0.05) is 0 Å². The maximum atomic E-state index is 10.8. The molecule has 0 atom stereocenters. The van der Waals surface area contributed by atoms with Gasteiger partial charge in [0.25, 0.3) is 5.69 Å². The summed E-state index contributed by atoms with van der Waals surface area (Å²) in [5.41, 5.74) is 0.654. The fourth-order valence-electron chi connectivity index (χ4n) is 1.94. The lowest BCUT2D eigenvalue weighted by Crippen LogP contribution is -2.29. The SMILES string of the molecule is COCCCN(CCOC)c1ccc([N+](=O)[O-])c(C#N)c1. The van der Waals surface area contributed by atoms with Gasteiger partial charge in [0.15, 0.2) is 0 Å². The van der Waals surface area contributed by atoms with Gasteiger partial charge in [0.1, 0.15) is 11.6 Å². The van der Waals surface area contributed by atoms with Crippen molar-refractivity contribution in [2.24, 2.45) is 0 Å². The number of methoxy groups -OCH3 is 2. The largest absolute Gasteiger partial charge is 0.385 e. The van der Waals surface area contributed by atoms with Crippen LogP contribution in [0, 0.1) is 21.4 Å². The van der Waals surface area contributed by atoms with Gasteiger partial charge in [0.05, 0.1) is 11.5 Å². The van der Waals surface area contributed by atoms with Crippen molar-refractivity contribution >= 4 is 11.4 Å². The van der Waals surface area contributed by atoms with E-state index in [4.69, 9.17) is 14.7 Å². The Balaban J connectivity index is 2.95. The van der Waals surface area contributed by atoms with Crippen LogP contribution in [0.1, 0.15) is 12.0 Å². The molecule has 0 aliphatic heterocycles. The minimum absolute atomic E-state index is 0.0617. The Hall–Kier alpha value is -2.17. The molecule has 0 N–H and O–H groups in total. The zero-order valence-corrected chi connectivity index (χ0v) is 12.2. The summed E-state index contributed by atoms with van der Waals surface area (Å²) >= 11 is 0. The number of rotatable bonds is 9. The highest BCUT2D eigenvalue weighted by Crippen LogP contribution is 2.24. The van der Waals surface area contributed by atoms with Crippen LogP contribution in [-0.4, -0.2) is 45.4 Å². The molecule has 0 bridgehead atoms. The first-order valence-electron chi connectivity index (χ1n) is 6.55. The third kappa shape index (κ3) is 5.02. The van der Waals surface area contributed by atoms with Crippen LogP contribution in [0.25, 0.3) is 0 Å². The second-order valence-electron chi connectivity index (χ2n) is 4.40. The van der Waals surface area contributed by atoms with Crippen molar-refractivity contribution in [3.05, 3.63) is 33.9 Å². The Morgan fingerprint density at radius 1 is 1.29 bits per heavy atom. The van der Waals surface area contributed by atoms with Gasteiger partial charge >= 0.3 is 0 Å². The van der Waals surface area contributed by atoms with E-state index in [9.17, 15) is 10.1 Å². The average molecular weight is 293 g/mol. The minimum atomic E-state index is -0.549. The number of benzene rings is 1. The van der Waals surface area contributed by atoms with Gasteiger partial charge in [-0.2, -0.15) is 5.26 Å². The lowest BCUT2D eigenvalue weighted by Gasteiger charge is -2.24. The van der Waals surface area contributed by atoms with Crippen molar-refractivity contribution in [1.29, 1.82) is 5.26 Å². The number of anilines is 1. The molecule has 0 saturated heterocycles. The topological polar surface area (TPSA) is 88.6 Å². The fraction of sp³-hybridized carbons (Fsp3) is 0.500. The van der Waals surface area contributed by atoms with Crippen LogP contribution in [0.5, 0.6) is 0 Å². The van der Waals surface area contributed by atoms with Crippen LogP contribution in [0.15, 0.2) is 18.2 Å².